The van der Waals surface area contributed by atoms with Gasteiger partial charge in [0.25, 0.3) is 5.91 Å². The molecule has 7 heteroatoms. The zero-order chi connectivity index (χ0) is 12.3. The van der Waals surface area contributed by atoms with E-state index in [-0.39, 0.29) is 17.9 Å². The number of aromatic amines is 1. The lowest BCUT2D eigenvalue weighted by atomic mass is 10.3. The van der Waals surface area contributed by atoms with Gasteiger partial charge in [-0.25, -0.2) is 10.1 Å². The van der Waals surface area contributed by atoms with Gasteiger partial charge in [-0.3, -0.25) is 10.1 Å². The summed E-state index contributed by atoms with van der Waals surface area (Å²) in [6.07, 6.45) is 0. The van der Waals surface area contributed by atoms with E-state index in [2.05, 4.69) is 25.5 Å². The Kier molecular flexibility index (Phi) is 2.99. The second kappa shape index (κ2) is 4.60. The molecule has 1 amide bonds. The Balaban J connectivity index is 2.11. The number of aromatic nitrogens is 4. The SMILES string of the molecule is COc1n[nH]c(NC(=O)c2cccc(C)n2)n1. The molecular formula is C10H11N5O2. The molecule has 2 heterocycles. The maximum atomic E-state index is 11.8. The van der Waals surface area contributed by atoms with Crippen molar-refractivity contribution in [2.75, 3.05) is 12.4 Å². The van der Waals surface area contributed by atoms with Gasteiger partial charge in [0, 0.05) is 5.69 Å². The van der Waals surface area contributed by atoms with Gasteiger partial charge in [-0.05, 0) is 19.1 Å². The van der Waals surface area contributed by atoms with Crippen LogP contribution in [0.5, 0.6) is 6.01 Å². The normalized spacial score (nSPS) is 10.0. The van der Waals surface area contributed by atoms with Crippen LogP contribution in [0.3, 0.4) is 0 Å². The van der Waals surface area contributed by atoms with E-state index in [1.165, 1.54) is 7.11 Å². The molecular weight excluding hydrogens is 222 g/mol. The Morgan fingerprint density at radius 1 is 1.41 bits per heavy atom. The van der Waals surface area contributed by atoms with Crippen LogP contribution in [0.15, 0.2) is 18.2 Å². The fraction of sp³-hybridized carbons (Fsp3) is 0.200. The van der Waals surface area contributed by atoms with E-state index in [4.69, 9.17) is 4.74 Å². The highest BCUT2D eigenvalue weighted by Gasteiger charge is 2.10. The van der Waals surface area contributed by atoms with E-state index in [0.29, 0.717) is 5.69 Å². The predicted octanol–water partition coefficient (Wildman–Crippen LogP) is 0.769. The summed E-state index contributed by atoms with van der Waals surface area (Å²) in [6, 6.07) is 5.36. The van der Waals surface area contributed by atoms with Crippen LogP contribution in [-0.4, -0.2) is 33.2 Å². The van der Waals surface area contributed by atoms with Crippen LogP contribution >= 0.6 is 0 Å². The number of carbonyl (C=O) groups is 1. The third kappa shape index (κ3) is 2.57. The summed E-state index contributed by atoms with van der Waals surface area (Å²) >= 11 is 0. The Bertz CT molecular complexity index is 537. The molecule has 17 heavy (non-hydrogen) atoms. The number of rotatable bonds is 3. The summed E-state index contributed by atoms with van der Waals surface area (Å²) in [6.45, 7) is 1.81. The van der Waals surface area contributed by atoms with Gasteiger partial charge in [-0.1, -0.05) is 6.07 Å². The van der Waals surface area contributed by atoms with E-state index < -0.39 is 0 Å². The number of pyridine rings is 1. The molecule has 0 bridgehead atoms. The number of nitrogens with zero attached hydrogens (tertiary/aromatic N) is 3. The molecule has 2 aromatic heterocycles. The minimum absolute atomic E-state index is 0.164. The van der Waals surface area contributed by atoms with Crippen molar-refractivity contribution in [2.45, 2.75) is 6.92 Å². The first-order valence-corrected chi connectivity index (χ1v) is 4.90. The standard InChI is InChI=1S/C10H11N5O2/c1-6-4-3-5-7(11-6)8(16)12-9-13-10(17-2)15-14-9/h3-5H,1-2H3,(H2,12,13,14,15,16). The topological polar surface area (TPSA) is 92.8 Å². The number of anilines is 1. The third-order valence-electron chi connectivity index (χ3n) is 2.00. The first kappa shape index (κ1) is 11.1. The Hall–Kier alpha value is -2.44. The zero-order valence-electron chi connectivity index (χ0n) is 9.39. The Labute approximate surface area is 97.2 Å². The number of amides is 1. The zero-order valence-corrected chi connectivity index (χ0v) is 9.39. The highest BCUT2D eigenvalue weighted by Crippen LogP contribution is 2.06. The number of hydrogen-bond acceptors (Lipinski definition) is 5. The maximum absolute atomic E-state index is 11.8. The highest BCUT2D eigenvalue weighted by atomic mass is 16.5. The smallest absolute Gasteiger partial charge is 0.336 e. The maximum Gasteiger partial charge on any atom is 0.336 e. The molecule has 0 aliphatic heterocycles. The van der Waals surface area contributed by atoms with Crippen LogP contribution in [0.4, 0.5) is 5.95 Å². The van der Waals surface area contributed by atoms with Crippen molar-refractivity contribution in [1.82, 2.24) is 20.2 Å². The van der Waals surface area contributed by atoms with E-state index in [1.54, 1.807) is 12.1 Å². The minimum Gasteiger partial charge on any atom is -0.466 e. The second-order valence-electron chi connectivity index (χ2n) is 3.29. The molecule has 0 atom stereocenters. The lowest BCUT2D eigenvalue weighted by Crippen LogP contribution is -2.14. The van der Waals surface area contributed by atoms with Gasteiger partial charge in [-0.2, -0.15) is 4.98 Å². The van der Waals surface area contributed by atoms with Crippen molar-refractivity contribution in [2.24, 2.45) is 0 Å². The highest BCUT2D eigenvalue weighted by molar-refractivity contribution is 6.01. The van der Waals surface area contributed by atoms with Crippen molar-refractivity contribution < 1.29 is 9.53 Å². The molecule has 0 spiro atoms. The molecule has 0 saturated carbocycles. The molecule has 0 saturated heterocycles. The molecule has 2 rings (SSSR count). The van der Waals surface area contributed by atoms with Crippen LogP contribution in [0.25, 0.3) is 0 Å². The Morgan fingerprint density at radius 3 is 2.88 bits per heavy atom. The van der Waals surface area contributed by atoms with E-state index in [9.17, 15) is 4.79 Å². The molecule has 2 aromatic rings. The second-order valence-corrected chi connectivity index (χ2v) is 3.29. The quantitative estimate of drug-likeness (QED) is 0.816. The first-order chi connectivity index (χ1) is 8.19. The van der Waals surface area contributed by atoms with E-state index in [1.807, 2.05) is 13.0 Å². The molecule has 0 aromatic carbocycles. The number of nitrogens with one attached hydrogen (secondary N) is 2. The van der Waals surface area contributed by atoms with Crippen LogP contribution in [0, 0.1) is 6.92 Å². The summed E-state index contributed by atoms with van der Waals surface area (Å²) in [5, 5.41) is 8.76. The molecule has 0 unspecified atom stereocenters. The first-order valence-electron chi connectivity index (χ1n) is 4.90. The van der Waals surface area contributed by atoms with Crippen molar-refractivity contribution in [1.29, 1.82) is 0 Å². The summed E-state index contributed by atoms with van der Waals surface area (Å²) in [7, 11) is 1.44. The summed E-state index contributed by atoms with van der Waals surface area (Å²) in [5.74, 6) is -0.136. The molecule has 0 fully saturated rings. The van der Waals surface area contributed by atoms with Crippen molar-refractivity contribution in [3.8, 4) is 6.01 Å². The van der Waals surface area contributed by atoms with Crippen molar-refractivity contribution in [3.63, 3.8) is 0 Å². The van der Waals surface area contributed by atoms with E-state index >= 15 is 0 Å². The van der Waals surface area contributed by atoms with Crippen molar-refractivity contribution >= 4 is 11.9 Å². The summed E-state index contributed by atoms with van der Waals surface area (Å²) < 4.78 is 4.78. The fourth-order valence-electron chi connectivity index (χ4n) is 1.23. The van der Waals surface area contributed by atoms with Gasteiger partial charge in [0.2, 0.25) is 5.95 Å². The van der Waals surface area contributed by atoms with Crippen molar-refractivity contribution in [3.05, 3.63) is 29.6 Å². The van der Waals surface area contributed by atoms with Crippen LogP contribution in [0.2, 0.25) is 0 Å². The number of ether oxygens (including phenoxy) is 1. The minimum atomic E-state index is -0.354. The summed E-state index contributed by atoms with van der Waals surface area (Å²) in [4.78, 5) is 19.7. The van der Waals surface area contributed by atoms with Gasteiger partial charge in [0.1, 0.15) is 5.69 Å². The number of methoxy groups -OCH3 is 1. The van der Waals surface area contributed by atoms with Gasteiger partial charge < -0.3 is 4.74 Å². The van der Waals surface area contributed by atoms with Crippen LogP contribution < -0.4 is 10.1 Å². The molecule has 2 N–H and O–H groups in total. The van der Waals surface area contributed by atoms with Gasteiger partial charge in [0.05, 0.1) is 7.11 Å². The average molecular weight is 233 g/mol. The third-order valence-corrected chi connectivity index (χ3v) is 2.00. The van der Waals surface area contributed by atoms with Gasteiger partial charge in [0.15, 0.2) is 0 Å². The number of aryl methyl sites for hydroxylation is 1. The lowest BCUT2D eigenvalue weighted by molar-refractivity contribution is 0.102. The van der Waals surface area contributed by atoms with E-state index in [0.717, 1.165) is 5.69 Å². The molecule has 0 aliphatic carbocycles. The monoisotopic (exact) mass is 233 g/mol. The lowest BCUT2D eigenvalue weighted by Gasteiger charge is -2.00. The number of H-pyrrole nitrogens is 1. The molecule has 88 valence electrons. The molecule has 0 radical (unpaired) electrons. The Morgan fingerprint density at radius 2 is 2.24 bits per heavy atom. The fourth-order valence-corrected chi connectivity index (χ4v) is 1.23. The average Bonchev–Trinajstić information content (AvgIpc) is 2.77. The van der Waals surface area contributed by atoms with Gasteiger partial charge in [-0.15, -0.1) is 5.10 Å². The number of hydrogen-bond donors (Lipinski definition) is 2. The van der Waals surface area contributed by atoms with Gasteiger partial charge >= 0.3 is 6.01 Å². The molecule has 7 nitrogen and oxygen atoms in total. The number of carbonyl (C=O) groups excluding carboxylic acids is 1. The van der Waals surface area contributed by atoms with Crippen LogP contribution in [0.1, 0.15) is 16.2 Å². The summed E-state index contributed by atoms with van der Waals surface area (Å²) in [5.41, 5.74) is 1.09. The predicted molar refractivity (Wildman–Crippen MR) is 59.9 cm³/mol. The van der Waals surface area contributed by atoms with Crippen LogP contribution in [-0.2, 0) is 0 Å². The largest absolute Gasteiger partial charge is 0.466 e. The molecule has 0 aliphatic rings.